The zero-order valence-electron chi connectivity index (χ0n) is 19.6. The van der Waals surface area contributed by atoms with Crippen LogP contribution in [0.25, 0.3) is 0 Å². The molecule has 4 unspecified atom stereocenters. The molecule has 1 N–H and O–H groups in total. The summed E-state index contributed by atoms with van der Waals surface area (Å²) in [6.07, 6.45) is 5.56. The van der Waals surface area contributed by atoms with Crippen LogP contribution in [0.4, 0.5) is 0 Å². The normalized spacial score (nSPS) is 34.0. The minimum absolute atomic E-state index is 0.0194. The number of carbonyl (C=O) groups is 3. The molecule has 0 aliphatic carbocycles. The quantitative estimate of drug-likeness (QED) is 0.245. The van der Waals surface area contributed by atoms with Gasteiger partial charge in [0.05, 0.1) is 29.2 Å². The molecule has 9 heteroatoms. The van der Waals surface area contributed by atoms with Crippen molar-refractivity contribution < 1.29 is 24.2 Å². The van der Waals surface area contributed by atoms with E-state index in [1.807, 2.05) is 6.92 Å². The maximum Gasteiger partial charge on any atom is 0.311 e. The average molecular weight is 544 g/mol. The van der Waals surface area contributed by atoms with Crippen LogP contribution in [-0.2, 0) is 19.1 Å². The maximum absolute atomic E-state index is 14.2. The van der Waals surface area contributed by atoms with Gasteiger partial charge in [-0.15, -0.1) is 18.3 Å². The summed E-state index contributed by atoms with van der Waals surface area (Å²) in [4.78, 5) is 44.3. The van der Waals surface area contributed by atoms with Crippen LogP contribution < -0.4 is 0 Å². The third kappa shape index (κ3) is 4.29. The fraction of sp³-hybridized carbons (Fsp3) is 0.708. The lowest BCUT2D eigenvalue weighted by molar-refractivity contribution is -0.153. The van der Waals surface area contributed by atoms with E-state index in [1.165, 1.54) is 6.08 Å². The molecular formula is C24H35BrN2O5S. The Kier molecular flexibility index (Phi) is 8.38. The van der Waals surface area contributed by atoms with E-state index in [4.69, 9.17) is 4.74 Å². The molecule has 2 amide bonds. The number of halogens is 1. The first-order chi connectivity index (χ1) is 15.7. The smallest absolute Gasteiger partial charge is 0.311 e. The fourth-order valence-corrected chi connectivity index (χ4v) is 9.35. The van der Waals surface area contributed by atoms with Crippen LogP contribution >= 0.6 is 27.7 Å². The van der Waals surface area contributed by atoms with Gasteiger partial charge in [-0.3, -0.25) is 14.4 Å². The first-order valence-electron chi connectivity index (χ1n) is 11.6. The molecule has 3 saturated heterocycles. The number of thioether (sulfide) groups is 1. The largest absolute Gasteiger partial charge is 0.461 e. The van der Waals surface area contributed by atoms with Gasteiger partial charge >= 0.3 is 5.97 Å². The molecular weight excluding hydrogens is 508 g/mol. The average Bonchev–Trinajstić information content (AvgIpc) is 3.38. The van der Waals surface area contributed by atoms with Gasteiger partial charge < -0.3 is 19.6 Å². The van der Waals surface area contributed by atoms with Crippen LogP contribution in [0.15, 0.2) is 25.3 Å². The highest BCUT2D eigenvalue weighted by molar-refractivity contribution is 9.09. The lowest BCUT2D eigenvalue weighted by Crippen LogP contribution is -2.58. The Labute approximate surface area is 209 Å². The molecule has 0 aromatic carbocycles. The van der Waals surface area contributed by atoms with Gasteiger partial charge in [-0.1, -0.05) is 48.0 Å². The Bertz CT molecular complexity index is 810. The number of esters is 1. The number of aliphatic hydroxyl groups excluding tert-OH is 1. The topological polar surface area (TPSA) is 87.1 Å². The highest BCUT2D eigenvalue weighted by Crippen LogP contribution is 2.68. The number of fused-ring (bicyclic) bond motifs is 1. The van der Waals surface area contributed by atoms with Gasteiger partial charge in [0, 0.05) is 22.7 Å². The molecule has 33 heavy (non-hydrogen) atoms. The summed E-state index contributed by atoms with van der Waals surface area (Å²) in [5, 5.41) is 9.81. The summed E-state index contributed by atoms with van der Waals surface area (Å²) in [7, 11) is 0. The van der Waals surface area contributed by atoms with Crippen molar-refractivity contribution in [1.82, 2.24) is 9.80 Å². The van der Waals surface area contributed by atoms with Crippen molar-refractivity contribution in [3.63, 3.8) is 0 Å². The maximum atomic E-state index is 14.2. The van der Waals surface area contributed by atoms with Crippen LogP contribution in [0.3, 0.4) is 0 Å². The van der Waals surface area contributed by atoms with Gasteiger partial charge in [-0.25, -0.2) is 0 Å². The lowest BCUT2D eigenvalue weighted by atomic mass is 9.71. The molecule has 3 heterocycles. The monoisotopic (exact) mass is 542 g/mol. The number of hydrogen-bond donors (Lipinski definition) is 1. The van der Waals surface area contributed by atoms with Crippen LogP contribution in [0, 0.1) is 11.8 Å². The molecule has 8 atom stereocenters. The second-order valence-corrected chi connectivity index (χ2v) is 12.0. The number of ether oxygens (including phenoxy) is 1. The zero-order valence-corrected chi connectivity index (χ0v) is 22.0. The van der Waals surface area contributed by atoms with Gasteiger partial charge in [0.25, 0.3) is 0 Å². The summed E-state index contributed by atoms with van der Waals surface area (Å²) >= 11 is 5.30. The molecule has 3 aliphatic heterocycles. The van der Waals surface area contributed by atoms with Gasteiger partial charge in [0.1, 0.15) is 12.6 Å². The Morgan fingerprint density at radius 3 is 2.67 bits per heavy atom. The number of likely N-dealkylation sites (tertiary alicyclic amines) is 1. The van der Waals surface area contributed by atoms with Crippen molar-refractivity contribution in [3.05, 3.63) is 25.3 Å². The summed E-state index contributed by atoms with van der Waals surface area (Å²) in [6, 6.07) is -1.32. The molecule has 184 valence electrons. The SMILES string of the molecule is C=CCOC(=O)[C@H]1[C@H]2C(=O)N([C@H](C)CO)C(C(=O)N(CC=C)C(C)CCC)C23CC(Br)[C@@H]1S3. The molecule has 1 spiro atoms. The molecule has 3 rings (SSSR count). The van der Waals surface area contributed by atoms with E-state index < -0.39 is 34.6 Å². The number of aliphatic hydroxyl groups is 1. The van der Waals surface area contributed by atoms with Gasteiger partial charge in [0.2, 0.25) is 11.8 Å². The number of amides is 2. The number of nitrogens with zero attached hydrogens (tertiary/aromatic N) is 2. The third-order valence-corrected chi connectivity index (χ3v) is 10.4. The summed E-state index contributed by atoms with van der Waals surface area (Å²) in [5.41, 5.74) is 0. The van der Waals surface area contributed by atoms with E-state index in [2.05, 4.69) is 36.0 Å². The predicted molar refractivity (Wildman–Crippen MR) is 133 cm³/mol. The summed E-state index contributed by atoms with van der Waals surface area (Å²) in [5.74, 6) is -2.11. The van der Waals surface area contributed by atoms with Crippen molar-refractivity contribution >= 4 is 45.5 Å². The van der Waals surface area contributed by atoms with Crippen LogP contribution in [-0.4, -0.2) is 85.4 Å². The highest BCUT2D eigenvalue weighted by atomic mass is 79.9. The Morgan fingerprint density at radius 2 is 2.09 bits per heavy atom. The molecule has 0 saturated carbocycles. The van der Waals surface area contributed by atoms with Crippen molar-refractivity contribution in [2.75, 3.05) is 19.8 Å². The second-order valence-electron chi connectivity index (χ2n) is 9.28. The van der Waals surface area contributed by atoms with Crippen molar-refractivity contribution in [1.29, 1.82) is 0 Å². The molecule has 7 nitrogen and oxygen atoms in total. The minimum Gasteiger partial charge on any atom is -0.461 e. The predicted octanol–water partition coefficient (Wildman–Crippen LogP) is 2.76. The molecule has 2 bridgehead atoms. The first-order valence-corrected chi connectivity index (χ1v) is 13.4. The fourth-order valence-electron chi connectivity index (χ4n) is 5.77. The van der Waals surface area contributed by atoms with Gasteiger partial charge in [-0.2, -0.15) is 0 Å². The van der Waals surface area contributed by atoms with Crippen LogP contribution in [0.2, 0.25) is 0 Å². The molecule has 3 aliphatic rings. The Morgan fingerprint density at radius 1 is 1.39 bits per heavy atom. The van der Waals surface area contributed by atoms with E-state index >= 15 is 0 Å². The first kappa shape index (κ1) is 26.3. The minimum atomic E-state index is -0.760. The molecule has 0 aromatic rings. The molecule has 0 aromatic heterocycles. The number of alkyl halides is 1. The lowest BCUT2D eigenvalue weighted by Gasteiger charge is -2.40. The standard InChI is InChI=1S/C24H35BrN2O5S/c1-6-9-14(4)26(10-7-2)22(30)20-24-12-16(25)19(33-24)17(23(31)32-11-8-3)18(24)21(29)27(20)15(5)13-28/h7-8,14-20,28H,2-3,6,9-13H2,1,4-5H3/t14?,15-,16?,17+,18+,19+,20?,24?/m1/s1. The molecule has 3 fully saturated rings. The number of hydrogen-bond acceptors (Lipinski definition) is 6. The van der Waals surface area contributed by atoms with Gasteiger partial charge in [0.15, 0.2) is 0 Å². The Hall–Kier alpha value is -1.32. The molecule has 0 radical (unpaired) electrons. The van der Waals surface area contributed by atoms with E-state index in [-0.39, 0.29) is 41.1 Å². The van der Waals surface area contributed by atoms with Crippen LogP contribution in [0.5, 0.6) is 0 Å². The van der Waals surface area contributed by atoms with E-state index in [0.717, 1.165) is 12.8 Å². The van der Waals surface area contributed by atoms with E-state index in [1.54, 1.807) is 34.6 Å². The zero-order chi connectivity index (χ0) is 24.5. The van der Waals surface area contributed by atoms with Gasteiger partial charge in [-0.05, 0) is 26.7 Å². The van der Waals surface area contributed by atoms with Crippen molar-refractivity contribution in [3.8, 4) is 0 Å². The summed E-state index contributed by atoms with van der Waals surface area (Å²) in [6.45, 7) is 13.5. The number of rotatable bonds is 11. The second kappa shape index (κ2) is 10.5. The van der Waals surface area contributed by atoms with E-state index in [0.29, 0.717) is 13.0 Å². The number of carbonyl (C=O) groups excluding carboxylic acids is 3. The van der Waals surface area contributed by atoms with Crippen molar-refractivity contribution in [2.24, 2.45) is 11.8 Å². The third-order valence-electron chi connectivity index (χ3n) is 7.16. The Balaban J connectivity index is 2.07. The van der Waals surface area contributed by atoms with Crippen molar-refractivity contribution in [2.45, 2.75) is 73.0 Å². The highest BCUT2D eigenvalue weighted by Gasteiger charge is 2.76. The summed E-state index contributed by atoms with van der Waals surface area (Å²) < 4.78 is 4.63. The van der Waals surface area contributed by atoms with E-state index in [9.17, 15) is 19.5 Å². The van der Waals surface area contributed by atoms with Crippen LogP contribution in [0.1, 0.15) is 40.0 Å².